The maximum Gasteiger partial charge on any atom is 0.328 e. The van der Waals surface area contributed by atoms with Gasteiger partial charge < -0.3 is 15.0 Å². The van der Waals surface area contributed by atoms with E-state index in [9.17, 15) is 14.4 Å². The lowest BCUT2D eigenvalue weighted by molar-refractivity contribution is -0.142. The van der Waals surface area contributed by atoms with Crippen molar-refractivity contribution in [3.8, 4) is 0 Å². The summed E-state index contributed by atoms with van der Waals surface area (Å²) in [6.07, 6.45) is 2.65. The Bertz CT molecular complexity index is 576. The lowest BCUT2D eigenvalue weighted by atomic mass is 10.2. The predicted molar refractivity (Wildman–Crippen MR) is 68.0 cm³/mol. The van der Waals surface area contributed by atoms with Crippen LogP contribution in [0.5, 0.6) is 0 Å². The second-order valence-corrected chi connectivity index (χ2v) is 4.70. The van der Waals surface area contributed by atoms with E-state index in [0.717, 1.165) is 30.5 Å². The molecule has 0 saturated heterocycles. The molecule has 6 nitrogen and oxygen atoms in total. The minimum absolute atomic E-state index is 0.0308. The quantitative estimate of drug-likeness (QED) is 0.796. The molecule has 0 spiro atoms. The molecular weight excluding hydrogens is 248 g/mol. The number of aromatic nitrogens is 1. The van der Waals surface area contributed by atoms with Crippen LogP contribution >= 0.6 is 0 Å². The molecule has 2 rings (SSSR count). The molecule has 102 valence electrons. The highest BCUT2D eigenvalue weighted by atomic mass is 16.4. The summed E-state index contributed by atoms with van der Waals surface area (Å²) in [5.41, 5.74) is 1.76. The van der Waals surface area contributed by atoms with Crippen molar-refractivity contribution in [3.63, 3.8) is 0 Å². The molecule has 0 radical (unpaired) electrons. The van der Waals surface area contributed by atoms with Gasteiger partial charge in [0.05, 0.1) is 6.54 Å². The number of carboxylic acids is 1. The zero-order valence-electron chi connectivity index (χ0n) is 10.7. The highest BCUT2D eigenvalue weighted by Gasteiger charge is 2.23. The molecular formula is C13H16N2O4. The normalized spacial score (nSPS) is 14.8. The van der Waals surface area contributed by atoms with Crippen LogP contribution < -0.4 is 10.9 Å². The Balaban J connectivity index is 2.32. The van der Waals surface area contributed by atoms with Crippen molar-refractivity contribution in [1.82, 2.24) is 9.88 Å². The SMILES string of the molecule is CC(=O)NC(Cn1c2c(ccc1=O)CCC2)C(=O)O. The third kappa shape index (κ3) is 2.83. The molecule has 1 aromatic heterocycles. The topological polar surface area (TPSA) is 88.4 Å². The molecule has 1 atom stereocenters. The van der Waals surface area contributed by atoms with Crippen LogP contribution in [0.3, 0.4) is 0 Å². The minimum Gasteiger partial charge on any atom is -0.480 e. The number of carboxylic acid groups (broad SMARTS) is 1. The number of hydrogen-bond acceptors (Lipinski definition) is 3. The number of nitrogens with zero attached hydrogens (tertiary/aromatic N) is 1. The van der Waals surface area contributed by atoms with Crippen LogP contribution in [0.25, 0.3) is 0 Å². The van der Waals surface area contributed by atoms with Crippen molar-refractivity contribution >= 4 is 11.9 Å². The van der Waals surface area contributed by atoms with Crippen molar-refractivity contribution in [2.24, 2.45) is 0 Å². The van der Waals surface area contributed by atoms with Gasteiger partial charge in [0.15, 0.2) is 0 Å². The number of pyridine rings is 1. The van der Waals surface area contributed by atoms with Gasteiger partial charge in [0.1, 0.15) is 6.04 Å². The molecule has 6 heteroatoms. The first kappa shape index (κ1) is 13.3. The third-order valence-corrected chi connectivity index (χ3v) is 3.29. The average Bonchev–Trinajstić information content (AvgIpc) is 2.79. The Morgan fingerprint density at radius 1 is 1.42 bits per heavy atom. The summed E-state index contributed by atoms with van der Waals surface area (Å²) in [5, 5.41) is 11.4. The lowest BCUT2D eigenvalue weighted by Crippen LogP contribution is -2.45. The highest BCUT2D eigenvalue weighted by Crippen LogP contribution is 2.19. The second-order valence-electron chi connectivity index (χ2n) is 4.70. The Hall–Kier alpha value is -2.11. The summed E-state index contributed by atoms with van der Waals surface area (Å²) >= 11 is 0. The van der Waals surface area contributed by atoms with Crippen molar-refractivity contribution in [2.75, 3.05) is 0 Å². The van der Waals surface area contributed by atoms with Crippen LogP contribution in [0.1, 0.15) is 24.6 Å². The number of hydrogen-bond donors (Lipinski definition) is 2. The van der Waals surface area contributed by atoms with Crippen LogP contribution in [0.2, 0.25) is 0 Å². The second kappa shape index (κ2) is 5.26. The standard InChI is InChI=1S/C13H16N2O4/c1-8(16)14-10(13(18)19)7-15-11-4-2-3-9(11)5-6-12(15)17/h5-6,10H,2-4,7H2,1H3,(H,14,16)(H,18,19). The first-order valence-corrected chi connectivity index (χ1v) is 6.20. The van der Waals surface area contributed by atoms with Gasteiger partial charge in [-0.2, -0.15) is 0 Å². The van der Waals surface area contributed by atoms with E-state index in [1.807, 2.05) is 0 Å². The first-order valence-electron chi connectivity index (χ1n) is 6.20. The number of carbonyl (C=O) groups is 2. The number of rotatable bonds is 4. The molecule has 2 N–H and O–H groups in total. The van der Waals surface area contributed by atoms with Crippen LogP contribution in [0.15, 0.2) is 16.9 Å². The summed E-state index contributed by atoms with van der Waals surface area (Å²) in [7, 11) is 0. The summed E-state index contributed by atoms with van der Waals surface area (Å²) < 4.78 is 1.47. The van der Waals surface area contributed by atoms with Crippen LogP contribution in [-0.4, -0.2) is 27.6 Å². The van der Waals surface area contributed by atoms with E-state index in [1.165, 1.54) is 17.6 Å². The number of nitrogens with one attached hydrogen (secondary N) is 1. The van der Waals surface area contributed by atoms with Gasteiger partial charge in [-0.05, 0) is 24.8 Å². The Morgan fingerprint density at radius 3 is 2.79 bits per heavy atom. The maximum atomic E-state index is 11.9. The molecule has 0 fully saturated rings. The minimum atomic E-state index is -1.14. The third-order valence-electron chi connectivity index (χ3n) is 3.29. The number of carbonyl (C=O) groups excluding carboxylic acids is 1. The molecule has 0 saturated carbocycles. The molecule has 0 bridgehead atoms. The van der Waals surface area contributed by atoms with Gasteiger partial charge in [-0.15, -0.1) is 0 Å². The molecule has 1 aliphatic carbocycles. The van der Waals surface area contributed by atoms with E-state index < -0.39 is 17.9 Å². The predicted octanol–water partition coefficient (Wildman–Crippen LogP) is -0.0737. The largest absolute Gasteiger partial charge is 0.480 e. The van der Waals surface area contributed by atoms with E-state index in [2.05, 4.69) is 5.32 Å². The van der Waals surface area contributed by atoms with Crippen LogP contribution in [0, 0.1) is 0 Å². The van der Waals surface area contributed by atoms with Crippen molar-refractivity contribution in [1.29, 1.82) is 0 Å². The molecule has 19 heavy (non-hydrogen) atoms. The van der Waals surface area contributed by atoms with Crippen molar-refractivity contribution < 1.29 is 14.7 Å². The van der Waals surface area contributed by atoms with Gasteiger partial charge in [-0.25, -0.2) is 4.79 Å². The molecule has 0 aliphatic heterocycles. The Labute approximate surface area is 110 Å². The molecule has 1 aliphatic rings. The van der Waals surface area contributed by atoms with Gasteiger partial charge in [-0.1, -0.05) is 6.07 Å². The summed E-state index contributed by atoms with van der Waals surface area (Å²) in [5.74, 6) is -1.56. The number of fused-ring (bicyclic) bond motifs is 1. The van der Waals surface area contributed by atoms with Gasteiger partial charge in [0.25, 0.3) is 5.56 Å². The zero-order chi connectivity index (χ0) is 14.0. The molecule has 1 aromatic rings. The summed E-state index contributed by atoms with van der Waals surface area (Å²) in [6.45, 7) is 1.23. The number of amides is 1. The van der Waals surface area contributed by atoms with Crippen LogP contribution in [0.4, 0.5) is 0 Å². The van der Waals surface area contributed by atoms with Gasteiger partial charge >= 0.3 is 5.97 Å². The number of aryl methyl sites for hydroxylation is 1. The van der Waals surface area contributed by atoms with Crippen molar-refractivity contribution in [2.45, 2.75) is 38.8 Å². The monoisotopic (exact) mass is 264 g/mol. The smallest absolute Gasteiger partial charge is 0.328 e. The van der Waals surface area contributed by atoms with E-state index in [1.54, 1.807) is 6.07 Å². The van der Waals surface area contributed by atoms with Crippen molar-refractivity contribution in [3.05, 3.63) is 33.7 Å². The fraction of sp³-hybridized carbons (Fsp3) is 0.462. The van der Waals surface area contributed by atoms with Gasteiger partial charge in [0, 0.05) is 18.7 Å². The molecule has 0 aromatic carbocycles. The molecule has 1 heterocycles. The van der Waals surface area contributed by atoms with E-state index >= 15 is 0 Å². The lowest BCUT2D eigenvalue weighted by Gasteiger charge is -2.17. The molecule has 1 unspecified atom stereocenters. The first-order chi connectivity index (χ1) is 8.99. The zero-order valence-corrected chi connectivity index (χ0v) is 10.7. The van der Waals surface area contributed by atoms with E-state index in [4.69, 9.17) is 5.11 Å². The maximum absolute atomic E-state index is 11.9. The fourth-order valence-electron chi connectivity index (χ4n) is 2.45. The summed E-state index contributed by atoms with van der Waals surface area (Å²) in [6, 6.07) is 2.17. The van der Waals surface area contributed by atoms with E-state index in [-0.39, 0.29) is 12.1 Å². The Kier molecular flexibility index (Phi) is 3.69. The van der Waals surface area contributed by atoms with Crippen LogP contribution in [-0.2, 0) is 29.0 Å². The average molecular weight is 264 g/mol. The highest BCUT2D eigenvalue weighted by molar-refractivity contribution is 5.81. The number of aliphatic carboxylic acids is 1. The van der Waals surface area contributed by atoms with E-state index in [0.29, 0.717) is 0 Å². The molecule has 1 amide bonds. The van der Waals surface area contributed by atoms with Gasteiger partial charge in [0.2, 0.25) is 5.91 Å². The fourth-order valence-corrected chi connectivity index (χ4v) is 2.45. The van der Waals surface area contributed by atoms with Gasteiger partial charge in [-0.3, -0.25) is 9.59 Å². The Morgan fingerprint density at radius 2 is 2.16 bits per heavy atom. The summed E-state index contributed by atoms with van der Waals surface area (Å²) in [4.78, 5) is 34.0.